The minimum absolute atomic E-state index is 0. The van der Waals surface area contributed by atoms with Crippen molar-refractivity contribution in [2.24, 2.45) is 0 Å². The fraction of sp³-hybridized carbons (Fsp3) is 1.00. The van der Waals surface area contributed by atoms with E-state index in [1.54, 1.807) is 0 Å². The second kappa shape index (κ2) is 8.26. The van der Waals surface area contributed by atoms with Gasteiger partial charge in [0.2, 0.25) is 0 Å². The van der Waals surface area contributed by atoms with Crippen LogP contribution in [0.15, 0.2) is 0 Å². The Balaban J connectivity index is 0. The van der Waals surface area contributed by atoms with E-state index in [1.165, 1.54) is 0 Å². The summed E-state index contributed by atoms with van der Waals surface area (Å²) in [5, 5.41) is 8.58. The summed E-state index contributed by atoms with van der Waals surface area (Å²) in [7, 11) is -2.86. The number of halogens is 1. The summed E-state index contributed by atoms with van der Waals surface area (Å²) in [4.78, 5) is 0. The molecule has 0 saturated carbocycles. The number of rotatable bonds is 4. The first kappa shape index (κ1) is 13.7. The molecule has 1 atom stereocenters. The molecule has 7 heteroatoms. The van der Waals surface area contributed by atoms with E-state index in [2.05, 4.69) is 4.18 Å². The number of alkyl halides is 1. The average molecular weight is 199 g/mol. The van der Waals surface area contributed by atoms with Gasteiger partial charge in [-0.2, -0.15) is 0 Å². The Morgan fingerprint density at radius 1 is 1.60 bits per heavy atom. The van der Waals surface area contributed by atoms with E-state index in [9.17, 15) is 8.42 Å². The van der Waals surface area contributed by atoms with Crippen molar-refractivity contribution in [3.63, 3.8) is 0 Å². The van der Waals surface area contributed by atoms with Gasteiger partial charge in [0.05, 0.1) is 18.6 Å². The van der Waals surface area contributed by atoms with Crippen LogP contribution in [0.25, 0.3) is 0 Å². The molecule has 0 aliphatic carbocycles. The molecular formula is C3H8ClNaO4S. The molecule has 0 saturated heterocycles. The van der Waals surface area contributed by atoms with Gasteiger partial charge in [-0.1, -0.05) is 0 Å². The molecule has 0 bridgehead atoms. The molecule has 58 valence electrons. The quantitative estimate of drug-likeness (QED) is 0.327. The molecule has 1 unspecified atom stereocenters. The third-order valence-corrected chi connectivity index (χ3v) is 1.27. The van der Waals surface area contributed by atoms with Crippen LogP contribution < -0.4 is 0 Å². The monoisotopic (exact) mass is 198 g/mol. The number of aliphatic hydroxyl groups excluding tert-OH is 1. The molecule has 0 heterocycles. The van der Waals surface area contributed by atoms with Crippen LogP contribution in [0, 0.1) is 0 Å². The van der Waals surface area contributed by atoms with Gasteiger partial charge in [0, 0.05) is 0 Å². The Bertz CT molecular complexity index is 130. The summed E-state index contributed by atoms with van der Waals surface area (Å²) < 4.78 is 23.4. The van der Waals surface area contributed by atoms with Gasteiger partial charge in [-0.25, -0.2) is 8.42 Å². The van der Waals surface area contributed by atoms with Crippen LogP contribution in [0.1, 0.15) is 0 Å². The van der Waals surface area contributed by atoms with E-state index in [0.717, 1.165) is 0 Å². The summed E-state index contributed by atoms with van der Waals surface area (Å²) in [6.07, 6.45) is -0.903. The van der Waals surface area contributed by atoms with E-state index >= 15 is 0 Å². The van der Waals surface area contributed by atoms with E-state index in [0.29, 0.717) is 0 Å². The van der Waals surface area contributed by atoms with Crippen LogP contribution in [0.5, 0.6) is 0 Å². The molecule has 4 nitrogen and oxygen atoms in total. The van der Waals surface area contributed by atoms with E-state index in [1.807, 2.05) is 0 Å². The van der Waals surface area contributed by atoms with Gasteiger partial charge in [0.1, 0.15) is 0 Å². The van der Waals surface area contributed by atoms with Crippen molar-refractivity contribution in [2.45, 2.75) is 6.10 Å². The first-order chi connectivity index (χ1) is 4.16. The van der Waals surface area contributed by atoms with Gasteiger partial charge in [-0.05, 0) is 0 Å². The SMILES string of the molecule is O=[SH](=O)OCC(O)CCl.[NaH]. The van der Waals surface area contributed by atoms with Crippen LogP contribution >= 0.6 is 11.6 Å². The number of aliphatic hydroxyl groups is 1. The summed E-state index contributed by atoms with van der Waals surface area (Å²) in [5.41, 5.74) is 0. The van der Waals surface area contributed by atoms with Gasteiger partial charge in [0.15, 0.2) is 0 Å². The van der Waals surface area contributed by atoms with Crippen LogP contribution in [0.3, 0.4) is 0 Å². The minimum atomic E-state index is -2.86. The molecule has 0 rings (SSSR count). The molecule has 0 aromatic heterocycles. The Kier molecular flexibility index (Phi) is 11.3. The molecule has 0 aliphatic heterocycles. The Morgan fingerprint density at radius 3 is 2.40 bits per heavy atom. The van der Waals surface area contributed by atoms with Crippen LogP contribution in [-0.4, -0.2) is 61.7 Å². The van der Waals surface area contributed by atoms with Crippen molar-refractivity contribution >= 4 is 52.1 Å². The zero-order valence-corrected chi connectivity index (χ0v) is 6.14. The molecule has 1 N–H and O–H groups in total. The second-order valence-electron chi connectivity index (χ2n) is 1.33. The third kappa shape index (κ3) is 9.16. The molecule has 0 spiro atoms. The second-order valence-corrected chi connectivity index (χ2v) is 2.34. The average Bonchev–Trinajstić information content (AvgIpc) is 1.83. The van der Waals surface area contributed by atoms with Gasteiger partial charge in [-0.3, -0.25) is 4.18 Å². The standard InChI is InChI=1S/C3H7ClO4S.Na.H/c4-1-3(5)2-8-9(6)7;;/h3,5,9H,1-2H2;;. The van der Waals surface area contributed by atoms with E-state index in [4.69, 9.17) is 16.7 Å². The fourth-order valence-electron chi connectivity index (χ4n) is 0.191. The molecule has 0 fully saturated rings. The van der Waals surface area contributed by atoms with Crippen molar-refractivity contribution < 1.29 is 17.7 Å². The number of hydrogen-bond donors (Lipinski definition) is 2. The van der Waals surface area contributed by atoms with Gasteiger partial charge < -0.3 is 5.11 Å². The molecule has 0 amide bonds. The van der Waals surface area contributed by atoms with E-state index in [-0.39, 0.29) is 42.0 Å². The van der Waals surface area contributed by atoms with Crippen molar-refractivity contribution in [1.29, 1.82) is 0 Å². The molecular weight excluding hydrogens is 191 g/mol. The molecule has 0 aromatic carbocycles. The van der Waals surface area contributed by atoms with Crippen LogP contribution in [0.2, 0.25) is 0 Å². The van der Waals surface area contributed by atoms with Crippen LogP contribution in [-0.2, 0) is 15.2 Å². The van der Waals surface area contributed by atoms with Crippen molar-refractivity contribution in [3.8, 4) is 0 Å². The first-order valence-electron chi connectivity index (χ1n) is 2.18. The predicted molar refractivity (Wildman–Crippen MR) is 40.1 cm³/mol. The zero-order chi connectivity index (χ0) is 7.28. The Labute approximate surface area is 88.0 Å². The van der Waals surface area contributed by atoms with Crippen molar-refractivity contribution in [3.05, 3.63) is 0 Å². The predicted octanol–water partition coefficient (Wildman–Crippen LogP) is -1.52. The van der Waals surface area contributed by atoms with E-state index < -0.39 is 17.1 Å². The third-order valence-electron chi connectivity index (χ3n) is 0.550. The van der Waals surface area contributed by atoms with Gasteiger partial charge in [-0.15, -0.1) is 11.6 Å². The van der Waals surface area contributed by atoms with Crippen molar-refractivity contribution in [1.82, 2.24) is 0 Å². The van der Waals surface area contributed by atoms with Gasteiger partial charge in [0.25, 0.3) is 11.0 Å². The topological polar surface area (TPSA) is 63.6 Å². The molecule has 10 heavy (non-hydrogen) atoms. The number of hydrogen-bond acceptors (Lipinski definition) is 4. The summed E-state index contributed by atoms with van der Waals surface area (Å²) in [6.45, 7) is -0.262. The van der Waals surface area contributed by atoms with Crippen LogP contribution in [0.4, 0.5) is 0 Å². The Hall–Kier alpha value is 1.16. The van der Waals surface area contributed by atoms with Crippen molar-refractivity contribution in [2.75, 3.05) is 12.5 Å². The maximum absolute atomic E-state index is 9.68. The van der Waals surface area contributed by atoms with Gasteiger partial charge >= 0.3 is 29.6 Å². The maximum atomic E-state index is 9.68. The molecule has 0 radical (unpaired) electrons. The first-order valence-corrected chi connectivity index (χ1v) is 3.81. The fourth-order valence-corrected chi connectivity index (χ4v) is 0.574. The number of thiol groups is 1. The molecule has 0 aromatic rings. The normalized spacial score (nSPS) is 12.7. The Morgan fingerprint density at radius 2 is 2.10 bits per heavy atom. The summed E-state index contributed by atoms with van der Waals surface area (Å²) >= 11 is 5.11. The summed E-state index contributed by atoms with van der Waals surface area (Å²) in [5.74, 6) is -0.0246. The molecule has 0 aliphatic rings. The zero-order valence-electron chi connectivity index (χ0n) is 4.49. The summed E-state index contributed by atoms with van der Waals surface area (Å²) in [6, 6.07) is 0.